The first kappa shape index (κ1) is 22.7. The van der Waals surface area contributed by atoms with E-state index in [1.807, 2.05) is 0 Å². The van der Waals surface area contributed by atoms with Gasteiger partial charge >= 0.3 is 5.97 Å². The summed E-state index contributed by atoms with van der Waals surface area (Å²) in [5.74, 6) is -1.46. The summed E-state index contributed by atoms with van der Waals surface area (Å²) in [5, 5.41) is 2.56. The molecule has 2 N–H and O–H groups in total. The van der Waals surface area contributed by atoms with Crippen molar-refractivity contribution in [2.24, 2.45) is 0 Å². The van der Waals surface area contributed by atoms with E-state index in [9.17, 15) is 18.0 Å². The minimum absolute atomic E-state index is 0.0252. The summed E-state index contributed by atoms with van der Waals surface area (Å²) in [7, 11) is -3.91. The molecule has 34 heavy (non-hydrogen) atoms. The van der Waals surface area contributed by atoms with Gasteiger partial charge in [0.1, 0.15) is 0 Å². The maximum Gasteiger partial charge on any atom is 0.359 e. The highest BCUT2D eigenvalue weighted by Gasteiger charge is 2.21. The second-order valence-corrected chi connectivity index (χ2v) is 8.67. The zero-order valence-corrected chi connectivity index (χ0v) is 18.6. The SMILES string of the molecule is CC(OC(=O)c1cnc2ccccc2n1)C(=O)Nc1ccc(S(=O)(=O)Nc2ncccn2)cc1. The third-order valence-electron chi connectivity index (χ3n) is 4.53. The average Bonchev–Trinajstić information content (AvgIpc) is 2.84. The van der Waals surface area contributed by atoms with Crippen LogP contribution in [0.15, 0.2) is 78.1 Å². The molecule has 11 nitrogen and oxygen atoms in total. The lowest BCUT2D eigenvalue weighted by Gasteiger charge is -2.14. The molecule has 0 aliphatic heterocycles. The number of carbonyl (C=O) groups is 2. The van der Waals surface area contributed by atoms with E-state index >= 15 is 0 Å². The van der Waals surface area contributed by atoms with E-state index < -0.39 is 28.0 Å². The van der Waals surface area contributed by atoms with Gasteiger partial charge in [-0.05, 0) is 49.4 Å². The molecular weight excluding hydrogens is 460 g/mol. The Morgan fingerprint density at radius 2 is 1.59 bits per heavy atom. The number of hydrogen-bond acceptors (Lipinski definition) is 9. The minimum atomic E-state index is -3.91. The van der Waals surface area contributed by atoms with E-state index in [4.69, 9.17) is 4.74 Å². The number of sulfonamides is 1. The van der Waals surface area contributed by atoms with Crippen LogP contribution >= 0.6 is 0 Å². The van der Waals surface area contributed by atoms with Gasteiger partial charge in [-0.1, -0.05) is 12.1 Å². The zero-order chi connectivity index (χ0) is 24.1. The predicted molar refractivity (Wildman–Crippen MR) is 122 cm³/mol. The first-order valence-corrected chi connectivity index (χ1v) is 11.4. The van der Waals surface area contributed by atoms with E-state index in [1.54, 1.807) is 30.3 Å². The van der Waals surface area contributed by atoms with Crippen molar-refractivity contribution in [2.45, 2.75) is 17.9 Å². The van der Waals surface area contributed by atoms with Crippen molar-refractivity contribution in [3.8, 4) is 0 Å². The van der Waals surface area contributed by atoms with E-state index in [2.05, 4.69) is 30.0 Å². The number of fused-ring (bicyclic) bond motifs is 1. The largest absolute Gasteiger partial charge is 0.448 e. The number of amides is 1. The zero-order valence-electron chi connectivity index (χ0n) is 17.7. The minimum Gasteiger partial charge on any atom is -0.448 e. The van der Waals surface area contributed by atoms with Crippen LogP contribution in [0.2, 0.25) is 0 Å². The van der Waals surface area contributed by atoms with Crippen LogP contribution in [0.5, 0.6) is 0 Å². The number of rotatable bonds is 7. The van der Waals surface area contributed by atoms with Gasteiger partial charge in [-0.3, -0.25) is 9.78 Å². The molecule has 0 radical (unpaired) electrons. The molecule has 4 rings (SSSR count). The summed E-state index contributed by atoms with van der Waals surface area (Å²) in [6, 6.07) is 14.0. The van der Waals surface area contributed by atoms with Crippen LogP contribution < -0.4 is 10.0 Å². The van der Waals surface area contributed by atoms with Gasteiger partial charge in [0.05, 0.1) is 22.1 Å². The fourth-order valence-corrected chi connectivity index (χ4v) is 3.78. The number of nitrogens with one attached hydrogen (secondary N) is 2. The van der Waals surface area contributed by atoms with Crippen LogP contribution in [0.3, 0.4) is 0 Å². The highest BCUT2D eigenvalue weighted by Crippen LogP contribution is 2.17. The lowest BCUT2D eigenvalue weighted by atomic mass is 10.3. The second-order valence-electron chi connectivity index (χ2n) is 6.98. The Hall–Kier alpha value is -4.45. The summed E-state index contributed by atoms with van der Waals surface area (Å²) in [6.07, 6.45) is 2.96. The molecule has 0 saturated heterocycles. The summed E-state index contributed by atoms with van der Waals surface area (Å²) in [5.41, 5.74) is 1.44. The van der Waals surface area contributed by atoms with Crippen LogP contribution in [0.25, 0.3) is 11.0 Å². The third-order valence-corrected chi connectivity index (χ3v) is 5.88. The van der Waals surface area contributed by atoms with E-state index in [0.29, 0.717) is 16.7 Å². The Labute approximate surface area is 194 Å². The fourth-order valence-electron chi connectivity index (χ4n) is 2.82. The molecule has 0 aliphatic rings. The molecule has 2 aromatic heterocycles. The van der Waals surface area contributed by atoms with Crippen molar-refractivity contribution in [3.05, 3.63) is 78.9 Å². The molecule has 1 amide bonds. The lowest BCUT2D eigenvalue weighted by Crippen LogP contribution is -2.30. The maximum absolute atomic E-state index is 12.4. The molecule has 1 atom stereocenters. The van der Waals surface area contributed by atoms with Crippen molar-refractivity contribution in [1.82, 2.24) is 19.9 Å². The summed E-state index contributed by atoms with van der Waals surface area (Å²) in [6.45, 7) is 1.41. The molecule has 4 aromatic rings. The number of para-hydroxylation sites is 2. The van der Waals surface area contributed by atoms with Gasteiger partial charge < -0.3 is 10.1 Å². The Morgan fingerprint density at radius 1 is 0.912 bits per heavy atom. The molecule has 0 aliphatic carbocycles. The van der Waals surface area contributed by atoms with Crippen LogP contribution in [0.4, 0.5) is 11.6 Å². The molecule has 0 fully saturated rings. The number of nitrogens with zero attached hydrogens (tertiary/aromatic N) is 4. The standard InChI is InChI=1S/C22H18N6O5S/c1-14(33-21(30)19-13-25-17-5-2-3-6-18(17)27-19)20(29)26-15-7-9-16(10-8-15)34(31,32)28-22-23-11-4-12-24-22/h2-14H,1H3,(H,26,29)(H,23,24,28). The third kappa shape index (κ3) is 5.30. The van der Waals surface area contributed by atoms with Crippen LogP contribution in [-0.4, -0.2) is 46.3 Å². The quantitative estimate of drug-likeness (QED) is 0.381. The highest BCUT2D eigenvalue weighted by molar-refractivity contribution is 7.92. The van der Waals surface area contributed by atoms with Gasteiger partial charge in [-0.2, -0.15) is 0 Å². The molecule has 2 heterocycles. The van der Waals surface area contributed by atoms with Gasteiger partial charge in [-0.25, -0.2) is 32.9 Å². The van der Waals surface area contributed by atoms with Crippen molar-refractivity contribution in [2.75, 3.05) is 10.0 Å². The van der Waals surface area contributed by atoms with Crippen LogP contribution in [0, 0.1) is 0 Å². The molecule has 1 unspecified atom stereocenters. The first-order valence-electron chi connectivity index (χ1n) is 9.95. The number of aromatic nitrogens is 4. The van der Waals surface area contributed by atoms with E-state index in [0.717, 1.165) is 0 Å². The van der Waals surface area contributed by atoms with Crippen LogP contribution in [-0.2, 0) is 19.6 Å². The van der Waals surface area contributed by atoms with E-state index in [-0.39, 0.29) is 16.5 Å². The topological polar surface area (TPSA) is 153 Å². The van der Waals surface area contributed by atoms with Crippen molar-refractivity contribution in [1.29, 1.82) is 0 Å². The number of anilines is 2. The first-order chi connectivity index (χ1) is 16.3. The number of benzene rings is 2. The number of esters is 1. The van der Waals surface area contributed by atoms with Crippen molar-refractivity contribution >= 4 is 44.6 Å². The Bertz CT molecular complexity index is 1450. The normalized spacial score (nSPS) is 12.0. The molecule has 0 saturated carbocycles. The summed E-state index contributed by atoms with van der Waals surface area (Å²) >= 11 is 0. The number of ether oxygens (including phenoxy) is 1. The summed E-state index contributed by atoms with van der Waals surface area (Å²) < 4.78 is 32.3. The summed E-state index contributed by atoms with van der Waals surface area (Å²) in [4.78, 5) is 40.7. The van der Waals surface area contributed by atoms with Gasteiger partial charge in [-0.15, -0.1) is 0 Å². The van der Waals surface area contributed by atoms with Crippen molar-refractivity contribution in [3.63, 3.8) is 0 Å². The average molecular weight is 478 g/mol. The fraction of sp³-hybridized carbons (Fsp3) is 0.0909. The van der Waals surface area contributed by atoms with Crippen molar-refractivity contribution < 1.29 is 22.7 Å². The monoisotopic (exact) mass is 478 g/mol. The van der Waals surface area contributed by atoms with Crippen LogP contribution in [0.1, 0.15) is 17.4 Å². The molecule has 0 spiro atoms. The molecule has 2 aromatic carbocycles. The molecular formula is C22H18N6O5S. The highest BCUT2D eigenvalue weighted by atomic mass is 32.2. The molecule has 172 valence electrons. The Balaban J connectivity index is 1.37. The Kier molecular flexibility index (Phi) is 6.41. The lowest BCUT2D eigenvalue weighted by molar-refractivity contribution is -0.123. The van der Waals surface area contributed by atoms with Gasteiger partial charge in [0.15, 0.2) is 11.8 Å². The van der Waals surface area contributed by atoms with Gasteiger partial charge in [0.2, 0.25) is 5.95 Å². The predicted octanol–water partition coefficient (Wildman–Crippen LogP) is 2.40. The Morgan fingerprint density at radius 3 is 2.29 bits per heavy atom. The van der Waals surface area contributed by atoms with Gasteiger partial charge in [0.25, 0.3) is 15.9 Å². The molecule has 12 heteroatoms. The van der Waals surface area contributed by atoms with Gasteiger partial charge in [0, 0.05) is 18.1 Å². The van der Waals surface area contributed by atoms with E-state index in [1.165, 1.54) is 49.8 Å². The number of carbonyl (C=O) groups excluding carboxylic acids is 2. The maximum atomic E-state index is 12.4. The smallest absolute Gasteiger partial charge is 0.359 e. The molecule has 0 bridgehead atoms. The number of hydrogen-bond donors (Lipinski definition) is 2. The second kappa shape index (κ2) is 9.58.